The Morgan fingerprint density at radius 2 is 2.12 bits per heavy atom. The highest BCUT2D eigenvalue weighted by atomic mass is 35.5. The predicted octanol–water partition coefficient (Wildman–Crippen LogP) is 2.75. The highest BCUT2D eigenvalue weighted by molar-refractivity contribution is 6.31. The molecule has 4 heteroatoms. The first-order chi connectivity index (χ1) is 7.77. The summed E-state index contributed by atoms with van der Waals surface area (Å²) in [5.74, 6) is -0.243. The highest BCUT2D eigenvalue weighted by Gasteiger charge is 2.14. The molecule has 0 aromatic heterocycles. The molecule has 1 fully saturated rings. The molecule has 1 heterocycles. The average molecular weight is 244 g/mol. The summed E-state index contributed by atoms with van der Waals surface area (Å²) in [6.45, 7) is 2.04. The molecule has 88 valence electrons. The molecule has 0 bridgehead atoms. The number of ether oxygens (including phenoxy) is 1. The third-order valence-corrected chi connectivity index (χ3v) is 3.20. The van der Waals surface area contributed by atoms with Crippen LogP contribution in [0.3, 0.4) is 0 Å². The monoisotopic (exact) mass is 243 g/mol. The first-order valence-electron chi connectivity index (χ1n) is 5.51. The standard InChI is InChI=1S/C12H15ClFNO/c13-11-2-1-3-12(14)10(11)8-15-9-4-6-16-7-5-9/h1-3,9,15H,4-8H2. The molecule has 0 radical (unpaired) electrons. The molecule has 0 atom stereocenters. The summed E-state index contributed by atoms with van der Waals surface area (Å²) in [7, 11) is 0. The van der Waals surface area contributed by atoms with E-state index in [0.29, 0.717) is 23.2 Å². The summed E-state index contributed by atoms with van der Waals surface area (Å²) >= 11 is 5.94. The van der Waals surface area contributed by atoms with Gasteiger partial charge in [0.25, 0.3) is 0 Å². The van der Waals surface area contributed by atoms with E-state index >= 15 is 0 Å². The molecular formula is C12H15ClFNO. The number of rotatable bonds is 3. The zero-order chi connectivity index (χ0) is 11.4. The van der Waals surface area contributed by atoms with Crippen molar-refractivity contribution in [2.45, 2.75) is 25.4 Å². The summed E-state index contributed by atoms with van der Waals surface area (Å²) < 4.78 is 18.7. The van der Waals surface area contributed by atoms with E-state index in [9.17, 15) is 4.39 Å². The van der Waals surface area contributed by atoms with Crippen molar-refractivity contribution in [2.75, 3.05) is 13.2 Å². The maximum atomic E-state index is 13.5. The smallest absolute Gasteiger partial charge is 0.129 e. The van der Waals surface area contributed by atoms with E-state index in [1.165, 1.54) is 6.07 Å². The molecule has 1 saturated heterocycles. The highest BCUT2D eigenvalue weighted by Crippen LogP contribution is 2.19. The molecule has 0 unspecified atom stereocenters. The lowest BCUT2D eigenvalue weighted by Crippen LogP contribution is -2.34. The minimum absolute atomic E-state index is 0.243. The van der Waals surface area contributed by atoms with Gasteiger partial charge in [0.15, 0.2) is 0 Å². The Kier molecular flexibility index (Phi) is 4.16. The molecule has 0 spiro atoms. The molecule has 0 amide bonds. The largest absolute Gasteiger partial charge is 0.381 e. The maximum Gasteiger partial charge on any atom is 0.129 e. The summed E-state index contributed by atoms with van der Waals surface area (Å²) in [6.07, 6.45) is 1.96. The van der Waals surface area contributed by atoms with Crippen LogP contribution in [-0.2, 0) is 11.3 Å². The summed E-state index contributed by atoms with van der Waals surface area (Å²) in [4.78, 5) is 0. The third-order valence-electron chi connectivity index (χ3n) is 2.85. The van der Waals surface area contributed by atoms with Crippen LogP contribution < -0.4 is 5.32 Å². The van der Waals surface area contributed by atoms with Gasteiger partial charge < -0.3 is 10.1 Å². The second-order valence-corrected chi connectivity index (χ2v) is 4.37. The Balaban J connectivity index is 1.93. The second kappa shape index (κ2) is 5.62. The van der Waals surface area contributed by atoms with Crippen molar-refractivity contribution in [3.8, 4) is 0 Å². The van der Waals surface area contributed by atoms with Crippen molar-refractivity contribution in [1.82, 2.24) is 5.32 Å². The summed E-state index contributed by atoms with van der Waals surface area (Å²) in [5.41, 5.74) is 0.552. The van der Waals surface area contributed by atoms with Crippen LogP contribution in [0, 0.1) is 5.82 Å². The van der Waals surface area contributed by atoms with Crippen LogP contribution in [0.1, 0.15) is 18.4 Å². The van der Waals surface area contributed by atoms with Gasteiger partial charge >= 0.3 is 0 Å². The van der Waals surface area contributed by atoms with Gasteiger partial charge in [-0.25, -0.2) is 4.39 Å². The van der Waals surface area contributed by atoms with Gasteiger partial charge in [0.1, 0.15) is 5.82 Å². The zero-order valence-corrected chi connectivity index (χ0v) is 9.77. The van der Waals surface area contributed by atoms with Gasteiger partial charge in [-0.3, -0.25) is 0 Å². The SMILES string of the molecule is Fc1cccc(Cl)c1CNC1CCOCC1. The Hall–Kier alpha value is -0.640. The molecule has 0 aliphatic carbocycles. The maximum absolute atomic E-state index is 13.5. The Labute approximate surface area is 99.7 Å². The topological polar surface area (TPSA) is 21.3 Å². The van der Waals surface area contributed by atoms with Crippen molar-refractivity contribution in [3.05, 3.63) is 34.6 Å². The van der Waals surface area contributed by atoms with Gasteiger partial charge in [0.2, 0.25) is 0 Å². The lowest BCUT2D eigenvalue weighted by Gasteiger charge is -2.23. The van der Waals surface area contributed by atoms with E-state index in [1.54, 1.807) is 12.1 Å². The molecule has 1 aliphatic rings. The van der Waals surface area contributed by atoms with Crippen molar-refractivity contribution in [2.24, 2.45) is 0 Å². The fraction of sp³-hybridized carbons (Fsp3) is 0.500. The van der Waals surface area contributed by atoms with Gasteiger partial charge in [0.05, 0.1) is 0 Å². The molecule has 0 saturated carbocycles. The zero-order valence-electron chi connectivity index (χ0n) is 9.01. The summed E-state index contributed by atoms with van der Waals surface area (Å²) in [5, 5.41) is 3.80. The van der Waals surface area contributed by atoms with E-state index in [1.807, 2.05) is 0 Å². The number of hydrogen-bond acceptors (Lipinski definition) is 2. The molecular weight excluding hydrogens is 229 g/mol. The Bertz CT molecular complexity index is 333. The van der Waals surface area contributed by atoms with Gasteiger partial charge in [-0.1, -0.05) is 17.7 Å². The van der Waals surface area contributed by atoms with Crippen LogP contribution in [0.25, 0.3) is 0 Å². The van der Waals surface area contributed by atoms with E-state index in [0.717, 1.165) is 26.1 Å². The lowest BCUT2D eigenvalue weighted by molar-refractivity contribution is 0.0775. The van der Waals surface area contributed by atoms with Crippen molar-refractivity contribution in [1.29, 1.82) is 0 Å². The third kappa shape index (κ3) is 2.94. The second-order valence-electron chi connectivity index (χ2n) is 3.97. The molecule has 1 aliphatic heterocycles. The van der Waals surface area contributed by atoms with Crippen LogP contribution in [-0.4, -0.2) is 19.3 Å². The van der Waals surface area contributed by atoms with Crippen molar-refractivity contribution in [3.63, 3.8) is 0 Å². The fourth-order valence-electron chi connectivity index (χ4n) is 1.85. The van der Waals surface area contributed by atoms with Gasteiger partial charge in [-0.15, -0.1) is 0 Å². The molecule has 1 aromatic rings. The number of benzene rings is 1. The molecule has 16 heavy (non-hydrogen) atoms. The minimum Gasteiger partial charge on any atom is -0.381 e. The average Bonchev–Trinajstić information content (AvgIpc) is 2.30. The Morgan fingerprint density at radius 1 is 1.38 bits per heavy atom. The van der Waals surface area contributed by atoms with Crippen LogP contribution >= 0.6 is 11.6 Å². The minimum atomic E-state index is -0.243. The normalized spacial score (nSPS) is 17.6. The van der Waals surface area contributed by atoms with E-state index < -0.39 is 0 Å². The first-order valence-corrected chi connectivity index (χ1v) is 5.89. The molecule has 1 N–H and O–H groups in total. The predicted molar refractivity (Wildman–Crippen MR) is 62.1 cm³/mol. The van der Waals surface area contributed by atoms with Crippen LogP contribution in [0.2, 0.25) is 5.02 Å². The molecule has 2 rings (SSSR count). The van der Waals surface area contributed by atoms with E-state index in [-0.39, 0.29) is 5.82 Å². The first kappa shape index (κ1) is 11.8. The lowest BCUT2D eigenvalue weighted by atomic mass is 10.1. The van der Waals surface area contributed by atoms with Crippen LogP contribution in [0.15, 0.2) is 18.2 Å². The number of hydrogen-bond donors (Lipinski definition) is 1. The van der Waals surface area contributed by atoms with E-state index in [4.69, 9.17) is 16.3 Å². The summed E-state index contributed by atoms with van der Waals surface area (Å²) in [6, 6.07) is 5.18. The van der Waals surface area contributed by atoms with Crippen LogP contribution in [0.5, 0.6) is 0 Å². The number of nitrogens with one attached hydrogen (secondary N) is 1. The van der Waals surface area contributed by atoms with Gasteiger partial charge in [0, 0.05) is 36.4 Å². The van der Waals surface area contributed by atoms with Gasteiger partial charge in [-0.2, -0.15) is 0 Å². The van der Waals surface area contributed by atoms with E-state index in [2.05, 4.69) is 5.32 Å². The number of halogens is 2. The van der Waals surface area contributed by atoms with Gasteiger partial charge in [-0.05, 0) is 25.0 Å². The quantitative estimate of drug-likeness (QED) is 0.882. The van der Waals surface area contributed by atoms with Crippen LogP contribution in [0.4, 0.5) is 4.39 Å². The Morgan fingerprint density at radius 3 is 2.81 bits per heavy atom. The van der Waals surface area contributed by atoms with Crippen molar-refractivity contribution >= 4 is 11.6 Å². The fourth-order valence-corrected chi connectivity index (χ4v) is 2.08. The molecule has 1 aromatic carbocycles. The van der Waals surface area contributed by atoms with Crippen molar-refractivity contribution < 1.29 is 9.13 Å². The molecule has 2 nitrogen and oxygen atoms in total.